The molecule has 1 aliphatic rings. The highest BCUT2D eigenvalue weighted by atomic mass is 16.6. The molecule has 0 aromatic heterocycles. The third-order valence-corrected chi connectivity index (χ3v) is 4.23. The van der Waals surface area contributed by atoms with E-state index in [1.807, 2.05) is 0 Å². The number of hydrogen-bond donors (Lipinski definition) is 1. The van der Waals surface area contributed by atoms with Crippen LogP contribution < -0.4 is 5.90 Å². The average Bonchev–Trinajstić information content (AvgIpc) is 2.81. The molecule has 2 heteroatoms. The molecule has 2 N–H and O–H groups in total. The molecule has 2 nitrogen and oxygen atoms in total. The Morgan fingerprint density at radius 1 is 1.12 bits per heavy atom. The molecule has 2 rings (SSSR count). The Kier molecular flexibility index (Phi) is 3.04. The summed E-state index contributed by atoms with van der Waals surface area (Å²) < 4.78 is 0. The summed E-state index contributed by atoms with van der Waals surface area (Å²) in [4.78, 5) is 5.28. The molecule has 0 spiro atoms. The first-order valence-corrected chi connectivity index (χ1v) is 6.06. The van der Waals surface area contributed by atoms with E-state index in [2.05, 4.69) is 44.2 Å². The summed E-state index contributed by atoms with van der Waals surface area (Å²) in [5.41, 5.74) is 1.15. The lowest BCUT2D eigenvalue weighted by molar-refractivity contribution is -0.0782. The van der Waals surface area contributed by atoms with Crippen LogP contribution in [0.25, 0.3) is 0 Å². The molecule has 1 aromatic rings. The topological polar surface area (TPSA) is 35.2 Å². The van der Waals surface area contributed by atoms with Crippen LogP contribution in [0.2, 0.25) is 0 Å². The van der Waals surface area contributed by atoms with Gasteiger partial charge < -0.3 is 0 Å². The third kappa shape index (κ3) is 1.66. The van der Waals surface area contributed by atoms with E-state index < -0.39 is 0 Å². The van der Waals surface area contributed by atoms with Crippen molar-refractivity contribution in [1.29, 1.82) is 0 Å². The van der Waals surface area contributed by atoms with Gasteiger partial charge in [-0.2, -0.15) is 0 Å². The highest BCUT2D eigenvalue weighted by Crippen LogP contribution is 2.49. The molecular weight excluding hydrogens is 198 g/mol. The fraction of sp³-hybridized carbons (Fsp3) is 0.571. The van der Waals surface area contributed by atoms with Gasteiger partial charge >= 0.3 is 0 Å². The minimum Gasteiger partial charge on any atom is -0.298 e. The zero-order chi connectivity index (χ0) is 11.6. The summed E-state index contributed by atoms with van der Waals surface area (Å²) in [6.07, 6.45) is 4.87. The van der Waals surface area contributed by atoms with E-state index in [4.69, 9.17) is 10.7 Å². The maximum atomic E-state index is 5.51. The van der Waals surface area contributed by atoms with Gasteiger partial charge in [0, 0.05) is 5.41 Å². The van der Waals surface area contributed by atoms with Gasteiger partial charge in [-0.3, -0.25) is 4.84 Å². The van der Waals surface area contributed by atoms with Gasteiger partial charge in [0.15, 0.2) is 0 Å². The molecule has 1 saturated carbocycles. The molecule has 88 valence electrons. The lowest BCUT2D eigenvalue weighted by Crippen LogP contribution is -2.49. The standard InChI is InChI=1S/C14H21NO/c1-13(2,16-15)14(10-6-7-11-14)12-8-4-3-5-9-12/h3-5,8-9H,6-7,10-11,15H2,1-2H3. The zero-order valence-corrected chi connectivity index (χ0v) is 10.2. The van der Waals surface area contributed by atoms with Crippen LogP contribution in [-0.4, -0.2) is 5.60 Å². The lowest BCUT2D eigenvalue weighted by Gasteiger charge is -2.43. The Morgan fingerprint density at radius 3 is 2.19 bits per heavy atom. The fourth-order valence-corrected chi connectivity index (χ4v) is 3.09. The summed E-state index contributed by atoms with van der Waals surface area (Å²) in [7, 11) is 0. The first-order chi connectivity index (χ1) is 7.62. The molecule has 1 aromatic carbocycles. The monoisotopic (exact) mass is 219 g/mol. The van der Waals surface area contributed by atoms with Crippen molar-refractivity contribution in [3.63, 3.8) is 0 Å². The van der Waals surface area contributed by atoms with Gasteiger partial charge in [0.05, 0.1) is 5.60 Å². The minimum absolute atomic E-state index is 0.0863. The van der Waals surface area contributed by atoms with Crippen molar-refractivity contribution in [2.45, 2.75) is 50.5 Å². The fourth-order valence-electron chi connectivity index (χ4n) is 3.09. The summed E-state index contributed by atoms with van der Waals surface area (Å²) >= 11 is 0. The van der Waals surface area contributed by atoms with E-state index >= 15 is 0 Å². The van der Waals surface area contributed by atoms with Crippen LogP contribution in [0.1, 0.15) is 45.1 Å². The number of nitrogens with two attached hydrogens (primary N) is 1. The van der Waals surface area contributed by atoms with Crippen molar-refractivity contribution < 1.29 is 4.84 Å². The van der Waals surface area contributed by atoms with Gasteiger partial charge in [0.1, 0.15) is 0 Å². The van der Waals surface area contributed by atoms with Gasteiger partial charge in [-0.15, -0.1) is 0 Å². The van der Waals surface area contributed by atoms with Crippen molar-refractivity contribution in [3.8, 4) is 0 Å². The van der Waals surface area contributed by atoms with Crippen LogP contribution >= 0.6 is 0 Å². The molecule has 0 radical (unpaired) electrons. The van der Waals surface area contributed by atoms with Crippen LogP contribution in [0.5, 0.6) is 0 Å². The zero-order valence-electron chi connectivity index (χ0n) is 10.2. The number of rotatable bonds is 3. The molecule has 16 heavy (non-hydrogen) atoms. The minimum atomic E-state index is -0.301. The van der Waals surface area contributed by atoms with Gasteiger partial charge in [-0.1, -0.05) is 43.2 Å². The normalized spacial score (nSPS) is 19.9. The van der Waals surface area contributed by atoms with Gasteiger partial charge in [0.2, 0.25) is 0 Å². The second kappa shape index (κ2) is 4.19. The molecule has 0 saturated heterocycles. The first kappa shape index (κ1) is 11.6. The van der Waals surface area contributed by atoms with E-state index in [9.17, 15) is 0 Å². The van der Waals surface area contributed by atoms with E-state index in [1.54, 1.807) is 0 Å². The lowest BCUT2D eigenvalue weighted by atomic mass is 9.67. The van der Waals surface area contributed by atoms with Crippen molar-refractivity contribution in [1.82, 2.24) is 0 Å². The summed E-state index contributed by atoms with van der Waals surface area (Å²) in [5.74, 6) is 5.51. The van der Waals surface area contributed by atoms with Crippen LogP contribution in [0.4, 0.5) is 0 Å². The highest BCUT2D eigenvalue weighted by Gasteiger charge is 2.48. The SMILES string of the molecule is CC(C)(ON)C1(c2ccccc2)CCCC1. The Bertz CT molecular complexity index is 339. The van der Waals surface area contributed by atoms with E-state index in [0.29, 0.717) is 0 Å². The van der Waals surface area contributed by atoms with Crippen LogP contribution in [0.3, 0.4) is 0 Å². The predicted octanol–water partition coefficient (Wildman–Crippen LogP) is 3.17. The van der Waals surface area contributed by atoms with Crippen LogP contribution in [0, 0.1) is 0 Å². The molecule has 0 heterocycles. The van der Waals surface area contributed by atoms with E-state index in [0.717, 1.165) is 0 Å². The van der Waals surface area contributed by atoms with Crippen molar-refractivity contribution >= 4 is 0 Å². The Balaban J connectivity index is 2.44. The smallest absolute Gasteiger partial charge is 0.0933 e. The van der Waals surface area contributed by atoms with Crippen molar-refractivity contribution in [2.24, 2.45) is 5.90 Å². The van der Waals surface area contributed by atoms with Crippen LogP contribution in [0.15, 0.2) is 30.3 Å². The molecule has 1 fully saturated rings. The Labute approximate surface area is 97.8 Å². The maximum absolute atomic E-state index is 5.51. The highest BCUT2D eigenvalue weighted by molar-refractivity contribution is 5.30. The molecule has 0 bridgehead atoms. The molecule has 0 atom stereocenters. The largest absolute Gasteiger partial charge is 0.298 e. The molecule has 1 aliphatic carbocycles. The second-order valence-corrected chi connectivity index (χ2v) is 5.28. The Hall–Kier alpha value is -0.860. The predicted molar refractivity (Wildman–Crippen MR) is 65.9 cm³/mol. The molecule has 0 aliphatic heterocycles. The molecule has 0 amide bonds. The number of hydrogen-bond acceptors (Lipinski definition) is 2. The van der Waals surface area contributed by atoms with Gasteiger partial charge in [-0.05, 0) is 32.3 Å². The van der Waals surface area contributed by atoms with Gasteiger partial charge in [-0.25, -0.2) is 5.90 Å². The summed E-state index contributed by atoms with van der Waals surface area (Å²) in [5, 5.41) is 0. The van der Waals surface area contributed by atoms with E-state index in [1.165, 1.54) is 31.2 Å². The second-order valence-electron chi connectivity index (χ2n) is 5.28. The first-order valence-electron chi connectivity index (χ1n) is 6.06. The van der Waals surface area contributed by atoms with Crippen molar-refractivity contribution in [2.75, 3.05) is 0 Å². The summed E-state index contributed by atoms with van der Waals surface area (Å²) in [6, 6.07) is 10.7. The third-order valence-electron chi connectivity index (χ3n) is 4.23. The van der Waals surface area contributed by atoms with E-state index in [-0.39, 0.29) is 11.0 Å². The average molecular weight is 219 g/mol. The summed E-state index contributed by atoms with van der Waals surface area (Å²) in [6.45, 7) is 4.20. The van der Waals surface area contributed by atoms with Crippen molar-refractivity contribution in [3.05, 3.63) is 35.9 Å². The Morgan fingerprint density at radius 2 is 1.69 bits per heavy atom. The number of benzene rings is 1. The molecule has 0 unspecified atom stereocenters. The van der Waals surface area contributed by atoms with Gasteiger partial charge in [0.25, 0.3) is 0 Å². The molecular formula is C14H21NO. The quantitative estimate of drug-likeness (QED) is 0.792. The van der Waals surface area contributed by atoms with Crippen LogP contribution in [-0.2, 0) is 10.3 Å². The maximum Gasteiger partial charge on any atom is 0.0933 e.